The van der Waals surface area contributed by atoms with Crippen molar-refractivity contribution in [2.45, 2.75) is 33.0 Å². The van der Waals surface area contributed by atoms with Gasteiger partial charge in [-0.2, -0.15) is 10.2 Å². The zero-order valence-corrected chi connectivity index (χ0v) is 18.9. The average Bonchev–Trinajstić information content (AvgIpc) is 3.51. The summed E-state index contributed by atoms with van der Waals surface area (Å²) < 4.78 is 11.4. The first-order valence-corrected chi connectivity index (χ1v) is 11.5. The molecule has 0 unspecified atom stereocenters. The molecule has 13 heteroatoms. The van der Waals surface area contributed by atoms with Crippen LogP contribution in [-0.2, 0) is 9.59 Å². The Bertz CT molecular complexity index is 952. The van der Waals surface area contributed by atoms with Gasteiger partial charge in [-0.25, -0.2) is 10.9 Å². The Balaban J connectivity index is 1.43. The highest BCUT2D eigenvalue weighted by molar-refractivity contribution is 8.04. The molecule has 0 fully saturated rings. The molecular formula is C18H18N6O4S3. The van der Waals surface area contributed by atoms with Crippen LogP contribution in [0, 0.1) is 0 Å². The maximum absolute atomic E-state index is 12.1. The number of nitrogens with one attached hydrogen (secondary N) is 2. The summed E-state index contributed by atoms with van der Waals surface area (Å²) >= 11 is 3.82. The predicted molar refractivity (Wildman–Crippen MR) is 119 cm³/mol. The number of thioether (sulfide) groups is 2. The fourth-order valence-electron chi connectivity index (χ4n) is 1.93. The molecule has 3 aromatic rings. The minimum atomic E-state index is -0.434. The van der Waals surface area contributed by atoms with Crippen LogP contribution < -0.4 is 10.9 Å². The first kappa shape index (κ1) is 22.8. The smallest absolute Gasteiger partial charge is 0.253 e. The molecule has 0 saturated heterocycles. The molecule has 3 rings (SSSR count). The molecule has 3 aromatic heterocycles. The van der Waals surface area contributed by atoms with Crippen molar-refractivity contribution < 1.29 is 18.4 Å². The summed E-state index contributed by atoms with van der Waals surface area (Å²) in [5, 5.41) is 15.0. The van der Waals surface area contributed by atoms with E-state index in [-0.39, 0.29) is 11.8 Å². The maximum Gasteiger partial charge on any atom is 0.253 e. The van der Waals surface area contributed by atoms with Crippen LogP contribution in [0.4, 0.5) is 0 Å². The number of hydrazone groups is 2. The summed E-state index contributed by atoms with van der Waals surface area (Å²) in [4.78, 5) is 24.3. The van der Waals surface area contributed by atoms with Gasteiger partial charge >= 0.3 is 0 Å². The van der Waals surface area contributed by atoms with E-state index >= 15 is 0 Å². The van der Waals surface area contributed by atoms with E-state index in [4.69, 9.17) is 8.83 Å². The molecule has 0 bridgehead atoms. The Morgan fingerprint density at radius 2 is 1.39 bits per heavy atom. The molecule has 31 heavy (non-hydrogen) atoms. The molecule has 162 valence electrons. The van der Waals surface area contributed by atoms with Crippen molar-refractivity contribution in [1.29, 1.82) is 0 Å². The zero-order chi connectivity index (χ0) is 22.1. The fourth-order valence-corrected chi connectivity index (χ4v) is 5.23. The molecule has 0 spiro atoms. The van der Waals surface area contributed by atoms with E-state index in [2.05, 4.69) is 31.3 Å². The van der Waals surface area contributed by atoms with Crippen molar-refractivity contribution in [3.05, 3.63) is 48.3 Å². The minimum Gasteiger partial charge on any atom is -0.463 e. The van der Waals surface area contributed by atoms with Crippen molar-refractivity contribution >= 4 is 59.1 Å². The molecule has 3 heterocycles. The van der Waals surface area contributed by atoms with Crippen LogP contribution in [0.15, 0.2) is 64.5 Å². The molecule has 10 nitrogen and oxygen atoms in total. The average molecular weight is 479 g/mol. The van der Waals surface area contributed by atoms with Crippen LogP contribution in [0.25, 0.3) is 0 Å². The number of nitrogens with zero attached hydrogens (tertiary/aromatic N) is 4. The van der Waals surface area contributed by atoms with E-state index in [0.717, 1.165) is 0 Å². The highest BCUT2D eigenvalue weighted by Crippen LogP contribution is 2.33. The van der Waals surface area contributed by atoms with E-state index < -0.39 is 10.5 Å². The van der Waals surface area contributed by atoms with Gasteiger partial charge in [-0.15, -0.1) is 10.2 Å². The molecule has 2 amide bonds. The Morgan fingerprint density at radius 3 is 1.77 bits per heavy atom. The lowest BCUT2D eigenvalue weighted by Gasteiger charge is -2.06. The quantitative estimate of drug-likeness (QED) is 0.258. The van der Waals surface area contributed by atoms with Gasteiger partial charge < -0.3 is 8.83 Å². The van der Waals surface area contributed by atoms with Gasteiger partial charge in [0, 0.05) is 0 Å². The summed E-state index contributed by atoms with van der Waals surface area (Å²) in [7, 11) is 0. The summed E-state index contributed by atoms with van der Waals surface area (Å²) in [6.07, 6.45) is 5.87. The van der Waals surface area contributed by atoms with Gasteiger partial charge in [0.15, 0.2) is 8.68 Å². The second kappa shape index (κ2) is 11.5. The van der Waals surface area contributed by atoms with Crippen LogP contribution in [0.1, 0.15) is 25.4 Å². The first-order chi connectivity index (χ1) is 15.0. The lowest BCUT2D eigenvalue weighted by Crippen LogP contribution is -2.26. The van der Waals surface area contributed by atoms with Crippen molar-refractivity contribution in [3.63, 3.8) is 0 Å². The predicted octanol–water partition coefficient (Wildman–Crippen LogP) is 2.99. The van der Waals surface area contributed by atoms with Crippen molar-refractivity contribution in [2.24, 2.45) is 10.2 Å². The molecule has 2 atom stereocenters. The monoisotopic (exact) mass is 478 g/mol. The molecule has 0 radical (unpaired) electrons. The van der Waals surface area contributed by atoms with E-state index in [1.807, 2.05) is 0 Å². The van der Waals surface area contributed by atoms with Gasteiger partial charge in [-0.05, 0) is 38.1 Å². The minimum absolute atomic E-state index is 0.278. The van der Waals surface area contributed by atoms with Gasteiger partial charge in [0.25, 0.3) is 11.8 Å². The van der Waals surface area contributed by atoms with E-state index in [0.29, 0.717) is 20.2 Å². The zero-order valence-electron chi connectivity index (χ0n) is 16.4. The van der Waals surface area contributed by atoms with E-state index in [9.17, 15) is 9.59 Å². The molecule has 0 aliphatic heterocycles. The molecule has 0 aromatic carbocycles. The lowest BCUT2D eigenvalue weighted by atomic mass is 10.5. The number of hydrogen-bond acceptors (Lipinski definition) is 11. The van der Waals surface area contributed by atoms with E-state index in [1.165, 1.54) is 59.8 Å². The third-order valence-corrected chi connectivity index (χ3v) is 6.79. The fraction of sp³-hybridized carbons (Fsp3) is 0.222. The number of carbonyl (C=O) groups is 2. The van der Waals surface area contributed by atoms with Crippen LogP contribution in [0.3, 0.4) is 0 Å². The summed E-state index contributed by atoms with van der Waals surface area (Å²) in [6.45, 7) is 3.48. The number of rotatable bonds is 10. The Hall–Kier alpha value is -2.90. The molecule has 2 N–H and O–H groups in total. The third kappa shape index (κ3) is 7.38. The van der Waals surface area contributed by atoms with Crippen molar-refractivity contribution in [1.82, 2.24) is 21.0 Å². The summed E-state index contributed by atoms with van der Waals surface area (Å²) in [6, 6.07) is 6.90. The Labute approximate surface area is 190 Å². The largest absolute Gasteiger partial charge is 0.463 e. The summed E-state index contributed by atoms with van der Waals surface area (Å²) in [5.74, 6) is 0.520. The number of aromatic nitrogens is 2. The summed E-state index contributed by atoms with van der Waals surface area (Å²) in [5.41, 5.74) is 4.90. The number of amides is 2. The molecule has 0 saturated carbocycles. The van der Waals surface area contributed by atoms with Crippen molar-refractivity contribution in [2.75, 3.05) is 0 Å². The van der Waals surface area contributed by atoms with Crippen molar-refractivity contribution in [3.8, 4) is 0 Å². The second-order valence-corrected chi connectivity index (χ2v) is 10.0. The van der Waals surface area contributed by atoms with Crippen LogP contribution in [-0.4, -0.2) is 44.9 Å². The van der Waals surface area contributed by atoms with Gasteiger partial charge in [0.1, 0.15) is 11.5 Å². The number of hydrogen-bond donors (Lipinski definition) is 2. The normalized spacial score (nSPS) is 13.5. The van der Waals surface area contributed by atoms with Crippen LogP contribution in [0.2, 0.25) is 0 Å². The van der Waals surface area contributed by atoms with Gasteiger partial charge in [0.2, 0.25) is 0 Å². The standard InChI is InChI=1S/C18H18N6O4S3/c1-11(15(25)21-19-9-13-5-3-7-27-13)29-17-23-24-18(31-17)30-12(2)16(26)22-20-10-14-6-4-8-28-14/h3-12H,1-2H3,(H,21,25)(H,22,26)/b19-9-,20-10-/t11-,12-/m1/s1. The van der Waals surface area contributed by atoms with Crippen LogP contribution in [0.5, 0.6) is 0 Å². The number of furan rings is 2. The van der Waals surface area contributed by atoms with Gasteiger partial charge in [-0.3, -0.25) is 9.59 Å². The number of carbonyl (C=O) groups excluding carboxylic acids is 2. The molecule has 0 aliphatic rings. The van der Waals surface area contributed by atoms with E-state index in [1.54, 1.807) is 38.1 Å². The Kier molecular flexibility index (Phi) is 8.44. The van der Waals surface area contributed by atoms with Crippen LogP contribution >= 0.6 is 34.9 Å². The highest BCUT2D eigenvalue weighted by Gasteiger charge is 2.20. The second-order valence-electron chi connectivity index (χ2n) is 5.85. The SMILES string of the molecule is C[C@@H](Sc1nnc(S[C@H](C)C(=O)N/N=C\c2ccco2)s1)C(=O)N/N=C\c1ccco1. The molecular weight excluding hydrogens is 460 g/mol. The topological polar surface area (TPSA) is 135 Å². The third-order valence-electron chi connectivity index (χ3n) is 3.50. The first-order valence-electron chi connectivity index (χ1n) is 8.91. The highest BCUT2D eigenvalue weighted by atomic mass is 32.2. The Morgan fingerprint density at radius 1 is 0.935 bits per heavy atom. The lowest BCUT2D eigenvalue weighted by molar-refractivity contribution is -0.121. The maximum atomic E-state index is 12.1. The molecule has 0 aliphatic carbocycles. The van der Waals surface area contributed by atoms with Gasteiger partial charge in [0.05, 0.1) is 35.5 Å². The van der Waals surface area contributed by atoms with Gasteiger partial charge in [-0.1, -0.05) is 34.9 Å².